The third-order valence-corrected chi connectivity index (χ3v) is 4.66. The van der Waals surface area contributed by atoms with Crippen LogP contribution in [-0.2, 0) is 11.2 Å². The van der Waals surface area contributed by atoms with Gasteiger partial charge in [-0.2, -0.15) is 4.98 Å². The fourth-order valence-electron chi connectivity index (χ4n) is 3.30. The lowest BCUT2D eigenvalue weighted by atomic mass is 10.1. The first-order valence-electron chi connectivity index (χ1n) is 8.72. The first-order chi connectivity index (χ1) is 12.3. The monoisotopic (exact) mass is 342 g/mol. The van der Waals surface area contributed by atoms with Gasteiger partial charge in [0, 0.05) is 18.9 Å². The van der Waals surface area contributed by atoms with Gasteiger partial charge in [-0.3, -0.25) is 0 Å². The summed E-state index contributed by atoms with van der Waals surface area (Å²) >= 11 is 0. The van der Waals surface area contributed by atoms with Gasteiger partial charge in [0.1, 0.15) is 5.82 Å². The summed E-state index contributed by atoms with van der Waals surface area (Å²) in [6.45, 7) is 5.10. The molecule has 0 amide bonds. The van der Waals surface area contributed by atoms with Gasteiger partial charge in [-0.15, -0.1) is 0 Å². The summed E-state index contributed by atoms with van der Waals surface area (Å²) in [5, 5.41) is 0. The molecule has 132 valence electrons. The molecule has 0 saturated carbocycles. The van der Waals surface area contributed by atoms with Gasteiger partial charge in [0.05, 0.1) is 37.0 Å². The number of anilines is 2. The maximum atomic E-state index is 5.84. The van der Waals surface area contributed by atoms with E-state index in [1.165, 1.54) is 0 Å². The molecule has 1 saturated heterocycles. The van der Waals surface area contributed by atoms with E-state index in [0.29, 0.717) is 31.0 Å². The fourth-order valence-corrected chi connectivity index (χ4v) is 3.30. The van der Waals surface area contributed by atoms with Crippen LogP contribution in [0.2, 0.25) is 0 Å². The molecular formula is C17H22N6O2. The van der Waals surface area contributed by atoms with E-state index >= 15 is 0 Å². The maximum absolute atomic E-state index is 5.84. The van der Waals surface area contributed by atoms with Gasteiger partial charge < -0.3 is 20.1 Å². The van der Waals surface area contributed by atoms with E-state index in [0.717, 1.165) is 49.4 Å². The number of nitrogens with two attached hydrogens (primary N) is 1. The number of ether oxygens (including phenoxy) is 2. The predicted octanol–water partition coefficient (Wildman–Crippen LogP) is 1.46. The van der Waals surface area contributed by atoms with E-state index < -0.39 is 0 Å². The Bertz CT molecular complexity index is 752. The van der Waals surface area contributed by atoms with Gasteiger partial charge in [-0.25, -0.2) is 15.0 Å². The summed E-state index contributed by atoms with van der Waals surface area (Å²) in [5.74, 6) is 2.42. The number of nitrogens with zero attached hydrogens (tertiary/aromatic N) is 5. The van der Waals surface area contributed by atoms with Crippen molar-refractivity contribution in [3.63, 3.8) is 0 Å². The minimum atomic E-state index is 0.234. The van der Waals surface area contributed by atoms with E-state index in [4.69, 9.17) is 20.2 Å². The highest BCUT2D eigenvalue weighted by molar-refractivity contribution is 5.62. The number of hydrogen-bond acceptors (Lipinski definition) is 8. The van der Waals surface area contributed by atoms with Crippen LogP contribution in [0.15, 0.2) is 12.4 Å². The van der Waals surface area contributed by atoms with Crippen molar-refractivity contribution < 1.29 is 9.47 Å². The van der Waals surface area contributed by atoms with Crippen LogP contribution in [-0.4, -0.2) is 52.3 Å². The van der Waals surface area contributed by atoms with Crippen LogP contribution in [0.25, 0.3) is 11.4 Å². The summed E-state index contributed by atoms with van der Waals surface area (Å²) in [5.41, 5.74) is 7.41. The predicted molar refractivity (Wildman–Crippen MR) is 93.5 cm³/mol. The Morgan fingerprint density at radius 1 is 1.24 bits per heavy atom. The second kappa shape index (κ2) is 6.79. The maximum Gasteiger partial charge on any atom is 0.222 e. The summed E-state index contributed by atoms with van der Waals surface area (Å²) < 4.78 is 11.5. The molecule has 25 heavy (non-hydrogen) atoms. The largest absolute Gasteiger partial charge is 0.477 e. The summed E-state index contributed by atoms with van der Waals surface area (Å²) in [6.07, 6.45) is 6.20. The molecule has 0 radical (unpaired) electrons. The minimum absolute atomic E-state index is 0.234. The number of nitrogen functional groups attached to an aromatic ring is 1. The lowest BCUT2D eigenvalue weighted by molar-refractivity contribution is 0.0923. The molecule has 1 fully saturated rings. The Kier molecular flexibility index (Phi) is 4.35. The highest BCUT2D eigenvalue weighted by Crippen LogP contribution is 2.34. The van der Waals surface area contributed by atoms with Crippen molar-refractivity contribution in [3.05, 3.63) is 18.0 Å². The summed E-state index contributed by atoms with van der Waals surface area (Å²) in [4.78, 5) is 19.9. The zero-order valence-electron chi connectivity index (χ0n) is 14.3. The van der Waals surface area contributed by atoms with Crippen LogP contribution in [0.5, 0.6) is 5.88 Å². The number of aromatic nitrogens is 4. The molecule has 4 rings (SSSR count). The first kappa shape index (κ1) is 16.0. The molecule has 2 aromatic rings. The Hall–Kier alpha value is -2.48. The molecular weight excluding hydrogens is 320 g/mol. The molecule has 4 heterocycles. The Morgan fingerprint density at radius 2 is 2.08 bits per heavy atom. The standard InChI is InChI=1S/C17H22N6O2/c1-2-12-10-24-7-5-23(12)15-13-4-3-6-25-16(13)22-14(21-15)11-8-19-17(18)20-9-11/h8-9,12H,2-7,10H2,1H3,(H2,18,19,20). The molecule has 0 aliphatic carbocycles. The molecule has 2 aromatic heterocycles. The van der Waals surface area contributed by atoms with Crippen molar-refractivity contribution >= 4 is 11.8 Å². The number of rotatable bonds is 3. The topological polar surface area (TPSA) is 99.3 Å². The van der Waals surface area contributed by atoms with Crippen molar-refractivity contribution in [2.75, 3.05) is 37.0 Å². The van der Waals surface area contributed by atoms with Crippen LogP contribution in [0.3, 0.4) is 0 Å². The normalized spacial score (nSPS) is 20.0. The quantitative estimate of drug-likeness (QED) is 0.895. The van der Waals surface area contributed by atoms with Crippen LogP contribution in [0.4, 0.5) is 11.8 Å². The third-order valence-electron chi connectivity index (χ3n) is 4.66. The number of fused-ring (bicyclic) bond motifs is 1. The lowest BCUT2D eigenvalue weighted by Gasteiger charge is -2.37. The van der Waals surface area contributed by atoms with Gasteiger partial charge in [0.15, 0.2) is 5.82 Å². The molecule has 2 N–H and O–H groups in total. The smallest absolute Gasteiger partial charge is 0.222 e. The molecule has 2 aliphatic rings. The van der Waals surface area contributed by atoms with Gasteiger partial charge in [0.25, 0.3) is 0 Å². The molecule has 2 aliphatic heterocycles. The van der Waals surface area contributed by atoms with Crippen LogP contribution < -0.4 is 15.4 Å². The second-order valence-corrected chi connectivity index (χ2v) is 6.27. The van der Waals surface area contributed by atoms with Gasteiger partial charge in [-0.05, 0) is 19.3 Å². The van der Waals surface area contributed by atoms with E-state index in [9.17, 15) is 0 Å². The number of morpholine rings is 1. The summed E-state index contributed by atoms with van der Waals surface area (Å²) in [7, 11) is 0. The molecule has 8 heteroatoms. The molecule has 0 aromatic carbocycles. The average molecular weight is 342 g/mol. The Balaban J connectivity index is 1.81. The molecule has 1 atom stereocenters. The summed E-state index contributed by atoms with van der Waals surface area (Å²) in [6, 6.07) is 0.310. The third kappa shape index (κ3) is 3.09. The van der Waals surface area contributed by atoms with Crippen molar-refractivity contribution in [2.24, 2.45) is 0 Å². The average Bonchev–Trinajstić information content (AvgIpc) is 2.67. The zero-order valence-corrected chi connectivity index (χ0v) is 14.3. The first-order valence-corrected chi connectivity index (χ1v) is 8.72. The molecule has 0 spiro atoms. The van der Waals surface area contributed by atoms with Crippen molar-refractivity contribution in [2.45, 2.75) is 32.2 Å². The lowest BCUT2D eigenvalue weighted by Crippen LogP contribution is -2.46. The highest BCUT2D eigenvalue weighted by atomic mass is 16.5. The van der Waals surface area contributed by atoms with Crippen molar-refractivity contribution in [1.82, 2.24) is 19.9 Å². The molecule has 8 nitrogen and oxygen atoms in total. The van der Waals surface area contributed by atoms with Crippen LogP contribution >= 0.6 is 0 Å². The van der Waals surface area contributed by atoms with E-state index in [2.05, 4.69) is 26.8 Å². The SMILES string of the molecule is CCC1COCCN1c1nc(-c2cnc(N)nc2)nc2c1CCCO2. The van der Waals surface area contributed by atoms with E-state index in [-0.39, 0.29) is 5.95 Å². The molecule has 1 unspecified atom stereocenters. The highest BCUT2D eigenvalue weighted by Gasteiger charge is 2.29. The fraction of sp³-hybridized carbons (Fsp3) is 0.529. The zero-order chi connectivity index (χ0) is 17.2. The number of hydrogen-bond donors (Lipinski definition) is 1. The van der Waals surface area contributed by atoms with Crippen LogP contribution in [0, 0.1) is 0 Å². The minimum Gasteiger partial charge on any atom is -0.477 e. The van der Waals surface area contributed by atoms with E-state index in [1.807, 2.05) is 0 Å². The van der Waals surface area contributed by atoms with Crippen molar-refractivity contribution in [3.8, 4) is 17.3 Å². The molecule has 0 bridgehead atoms. The van der Waals surface area contributed by atoms with Crippen LogP contribution in [0.1, 0.15) is 25.3 Å². The Labute approximate surface area is 146 Å². The van der Waals surface area contributed by atoms with Gasteiger partial charge in [0.2, 0.25) is 11.8 Å². The Morgan fingerprint density at radius 3 is 2.88 bits per heavy atom. The van der Waals surface area contributed by atoms with Gasteiger partial charge >= 0.3 is 0 Å². The van der Waals surface area contributed by atoms with Gasteiger partial charge in [-0.1, -0.05) is 6.92 Å². The van der Waals surface area contributed by atoms with E-state index in [1.54, 1.807) is 12.4 Å². The van der Waals surface area contributed by atoms with Crippen molar-refractivity contribution in [1.29, 1.82) is 0 Å². The second-order valence-electron chi connectivity index (χ2n) is 6.27.